The molecule has 0 aromatic rings. The van der Waals surface area contributed by atoms with Gasteiger partial charge in [-0.1, -0.05) is 0 Å². The standard InChI is InChI=1S/C8H14O6/c9-1-5-7(13-3-11-5)8-6(2-10)12-4-14-8/h5-10H,1-4H2/t5-,6+,7-,8-/m0/s1. The van der Waals surface area contributed by atoms with Crippen molar-refractivity contribution in [2.75, 3.05) is 26.8 Å². The van der Waals surface area contributed by atoms with Gasteiger partial charge < -0.3 is 29.2 Å². The third kappa shape index (κ3) is 1.77. The second kappa shape index (κ2) is 4.52. The number of hydrogen-bond acceptors (Lipinski definition) is 6. The summed E-state index contributed by atoms with van der Waals surface area (Å²) in [6.07, 6.45) is -1.51. The summed E-state index contributed by atoms with van der Waals surface area (Å²) in [6, 6.07) is 0. The number of rotatable bonds is 3. The lowest BCUT2D eigenvalue weighted by Gasteiger charge is -2.23. The van der Waals surface area contributed by atoms with Gasteiger partial charge in [-0.25, -0.2) is 0 Å². The second-order valence-corrected chi connectivity index (χ2v) is 3.27. The average Bonchev–Trinajstić information content (AvgIpc) is 2.85. The summed E-state index contributed by atoms with van der Waals surface area (Å²) in [5.74, 6) is 0. The van der Waals surface area contributed by atoms with E-state index in [9.17, 15) is 0 Å². The Hall–Kier alpha value is -0.240. The number of ether oxygens (including phenoxy) is 4. The van der Waals surface area contributed by atoms with E-state index in [2.05, 4.69) is 0 Å². The minimum Gasteiger partial charge on any atom is -0.394 e. The minimum absolute atomic E-state index is 0.122. The highest BCUT2D eigenvalue weighted by atomic mass is 16.8. The molecule has 0 amide bonds. The van der Waals surface area contributed by atoms with Gasteiger partial charge in [0.15, 0.2) is 0 Å². The summed E-state index contributed by atoms with van der Waals surface area (Å²) in [6.45, 7) is 0.0488. The molecule has 0 bridgehead atoms. The Morgan fingerprint density at radius 1 is 0.786 bits per heavy atom. The van der Waals surface area contributed by atoms with E-state index in [0.717, 1.165) is 0 Å². The van der Waals surface area contributed by atoms with Crippen LogP contribution in [0.1, 0.15) is 0 Å². The molecule has 2 fully saturated rings. The van der Waals surface area contributed by atoms with Crippen molar-refractivity contribution in [2.24, 2.45) is 0 Å². The van der Waals surface area contributed by atoms with Crippen molar-refractivity contribution in [3.8, 4) is 0 Å². The van der Waals surface area contributed by atoms with E-state index >= 15 is 0 Å². The van der Waals surface area contributed by atoms with E-state index in [1.54, 1.807) is 0 Å². The molecule has 4 atom stereocenters. The molecule has 2 heterocycles. The lowest BCUT2D eigenvalue weighted by atomic mass is 10.0. The van der Waals surface area contributed by atoms with Crippen LogP contribution in [-0.2, 0) is 18.9 Å². The molecule has 6 heteroatoms. The first-order chi connectivity index (χ1) is 6.86. The third-order valence-electron chi connectivity index (χ3n) is 2.50. The fraction of sp³-hybridized carbons (Fsp3) is 1.00. The molecule has 0 aromatic carbocycles. The van der Waals surface area contributed by atoms with Crippen LogP contribution in [0.3, 0.4) is 0 Å². The second-order valence-electron chi connectivity index (χ2n) is 3.27. The maximum atomic E-state index is 8.99. The van der Waals surface area contributed by atoms with E-state index in [-0.39, 0.29) is 39.0 Å². The van der Waals surface area contributed by atoms with E-state index < -0.39 is 12.2 Å². The fourth-order valence-electron chi connectivity index (χ4n) is 1.74. The summed E-state index contributed by atoms with van der Waals surface area (Å²) in [4.78, 5) is 0. The lowest BCUT2D eigenvalue weighted by molar-refractivity contribution is -0.0380. The smallest absolute Gasteiger partial charge is 0.147 e. The Morgan fingerprint density at radius 3 is 1.57 bits per heavy atom. The van der Waals surface area contributed by atoms with Crippen molar-refractivity contribution in [3.63, 3.8) is 0 Å². The Kier molecular flexibility index (Phi) is 3.32. The lowest BCUT2D eigenvalue weighted by Crippen LogP contribution is -2.44. The van der Waals surface area contributed by atoms with E-state index in [1.807, 2.05) is 0 Å². The monoisotopic (exact) mass is 206 g/mol. The molecule has 82 valence electrons. The molecule has 0 radical (unpaired) electrons. The highest BCUT2D eigenvalue weighted by Crippen LogP contribution is 2.25. The Labute approximate surface area is 81.3 Å². The van der Waals surface area contributed by atoms with Gasteiger partial charge in [0.1, 0.15) is 38.0 Å². The van der Waals surface area contributed by atoms with E-state index in [0.29, 0.717) is 0 Å². The van der Waals surface area contributed by atoms with Crippen molar-refractivity contribution < 1.29 is 29.2 Å². The SMILES string of the molecule is OC[C@@H]1OCO[C@@H]1[C@H]1OCO[C@@H]1CO. The fourth-order valence-corrected chi connectivity index (χ4v) is 1.74. The van der Waals surface area contributed by atoms with Crippen molar-refractivity contribution in [1.82, 2.24) is 0 Å². The summed E-state index contributed by atoms with van der Waals surface area (Å²) < 4.78 is 20.8. The molecule has 0 spiro atoms. The third-order valence-corrected chi connectivity index (χ3v) is 2.50. The van der Waals surface area contributed by atoms with Crippen molar-refractivity contribution in [3.05, 3.63) is 0 Å². The van der Waals surface area contributed by atoms with Crippen LogP contribution in [-0.4, -0.2) is 61.4 Å². The first kappa shape index (κ1) is 10.3. The van der Waals surface area contributed by atoms with Gasteiger partial charge in [-0.05, 0) is 0 Å². The maximum absolute atomic E-state index is 8.99. The summed E-state index contributed by atoms with van der Waals surface area (Å²) >= 11 is 0. The topological polar surface area (TPSA) is 77.4 Å². The van der Waals surface area contributed by atoms with Crippen LogP contribution in [0, 0.1) is 0 Å². The predicted molar refractivity (Wildman–Crippen MR) is 43.4 cm³/mol. The van der Waals surface area contributed by atoms with Gasteiger partial charge >= 0.3 is 0 Å². The molecular formula is C8H14O6. The Morgan fingerprint density at radius 2 is 1.21 bits per heavy atom. The summed E-state index contributed by atoms with van der Waals surface area (Å²) in [7, 11) is 0. The Bertz CT molecular complexity index is 167. The van der Waals surface area contributed by atoms with Crippen LogP contribution < -0.4 is 0 Å². The van der Waals surface area contributed by atoms with E-state index in [1.165, 1.54) is 0 Å². The molecular weight excluding hydrogens is 192 g/mol. The maximum Gasteiger partial charge on any atom is 0.147 e. The van der Waals surface area contributed by atoms with Crippen LogP contribution in [0.25, 0.3) is 0 Å². The molecule has 0 unspecified atom stereocenters. The minimum atomic E-state index is -0.393. The zero-order valence-electron chi connectivity index (χ0n) is 7.67. The van der Waals surface area contributed by atoms with Crippen LogP contribution in [0.15, 0.2) is 0 Å². The van der Waals surface area contributed by atoms with Crippen LogP contribution in [0.5, 0.6) is 0 Å². The van der Waals surface area contributed by atoms with Gasteiger partial charge in [0, 0.05) is 0 Å². The molecule has 14 heavy (non-hydrogen) atoms. The normalized spacial score (nSPS) is 43.3. The van der Waals surface area contributed by atoms with Gasteiger partial charge in [-0.15, -0.1) is 0 Å². The molecule has 2 saturated heterocycles. The summed E-state index contributed by atoms with van der Waals surface area (Å²) in [5, 5.41) is 18.0. The molecule has 0 saturated carbocycles. The van der Waals surface area contributed by atoms with Gasteiger partial charge in [0.25, 0.3) is 0 Å². The van der Waals surface area contributed by atoms with Crippen molar-refractivity contribution >= 4 is 0 Å². The van der Waals surface area contributed by atoms with E-state index in [4.69, 9.17) is 29.2 Å². The Balaban J connectivity index is 1.98. The number of hydrogen-bond donors (Lipinski definition) is 2. The predicted octanol–water partition coefficient (Wildman–Crippen LogP) is -1.55. The molecule has 2 aliphatic heterocycles. The zero-order valence-corrected chi connectivity index (χ0v) is 7.67. The molecule has 0 aliphatic carbocycles. The molecule has 2 rings (SSSR count). The first-order valence-electron chi connectivity index (χ1n) is 4.55. The van der Waals surface area contributed by atoms with Crippen molar-refractivity contribution in [1.29, 1.82) is 0 Å². The van der Waals surface area contributed by atoms with Crippen LogP contribution in [0.4, 0.5) is 0 Å². The quantitative estimate of drug-likeness (QED) is 0.582. The highest BCUT2D eigenvalue weighted by Gasteiger charge is 2.43. The first-order valence-corrected chi connectivity index (χ1v) is 4.55. The van der Waals surface area contributed by atoms with Crippen LogP contribution in [0.2, 0.25) is 0 Å². The number of aliphatic hydroxyl groups is 2. The highest BCUT2D eigenvalue weighted by molar-refractivity contribution is 4.88. The van der Waals surface area contributed by atoms with Gasteiger partial charge in [-0.2, -0.15) is 0 Å². The van der Waals surface area contributed by atoms with Gasteiger partial charge in [0.2, 0.25) is 0 Å². The molecule has 2 N–H and O–H groups in total. The van der Waals surface area contributed by atoms with Crippen molar-refractivity contribution in [2.45, 2.75) is 24.4 Å². The van der Waals surface area contributed by atoms with Gasteiger partial charge in [-0.3, -0.25) is 0 Å². The number of aliphatic hydroxyl groups excluding tert-OH is 2. The molecule has 2 aliphatic rings. The average molecular weight is 206 g/mol. The van der Waals surface area contributed by atoms with Crippen LogP contribution >= 0.6 is 0 Å². The largest absolute Gasteiger partial charge is 0.394 e. The zero-order chi connectivity index (χ0) is 9.97. The summed E-state index contributed by atoms with van der Waals surface area (Å²) in [5.41, 5.74) is 0. The molecule has 0 aromatic heterocycles. The van der Waals surface area contributed by atoms with Gasteiger partial charge in [0.05, 0.1) is 13.2 Å². The molecule has 6 nitrogen and oxygen atoms in total.